The molecule has 0 aliphatic heterocycles. The van der Waals surface area contributed by atoms with Crippen molar-refractivity contribution in [3.8, 4) is 11.6 Å². The number of hydrogen-bond donors (Lipinski definition) is 1. The van der Waals surface area contributed by atoms with Crippen LogP contribution in [0.5, 0.6) is 0 Å². The van der Waals surface area contributed by atoms with Crippen molar-refractivity contribution in [2.75, 3.05) is 0 Å². The second kappa shape index (κ2) is 5.97. The number of aliphatic hydroxyl groups is 1. The van der Waals surface area contributed by atoms with Crippen LogP contribution < -0.4 is 0 Å². The minimum atomic E-state index is -0.661. The molecule has 1 N–H and O–H groups in total. The summed E-state index contributed by atoms with van der Waals surface area (Å²) in [4.78, 5) is 4.27. The van der Waals surface area contributed by atoms with E-state index < -0.39 is 6.10 Å². The van der Waals surface area contributed by atoms with Crippen LogP contribution in [0.4, 0.5) is 0 Å². The van der Waals surface area contributed by atoms with Crippen LogP contribution in [-0.2, 0) is 13.0 Å². The molecule has 19 heavy (non-hydrogen) atoms. The van der Waals surface area contributed by atoms with Crippen LogP contribution in [0.3, 0.4) is 0 Å². The fourth-order valence-electron chi connectivity index (χ4n) is 1.93. The Hall–Kier alpha value is -1.69. The van der Waals surface area contributed by atoms with Gasteiger partial charge in [-0.25, -0.2) is 0 Å². The molecule has 6 nitrogen and oxygen atoms in total. The highest BCUT2D eigenvalue weighted by Crippen LogP contribution is 2.22. The molecular formula is C13H20N4O2. The minimum Gasteiger partial charge on any atom is -0.385 e. The Morgan fingerprint density at radius 2 is 2.16 bits per heavy atom. The standard InChI is InChI=1S/C13H20N4O2/c1-4-7-11(18)12-14-13(19-16-12)10-8-9(5-2)15-17(10)6-3/h8,11,18H,4-7H2,1-3H3. The van der Waals surface area contributed by atoms with E-state index in [1.54, 1.807) is 0 Å². The van der Waals surface area contributed by atoms with Gasteiger partial charge >= 0.3 is 0 Å². The van der Waals surface area contributed by atoms with Gasteiger partial charge in [0.2, 0.25) is 5.82 Å². The number of rotatable bonds is 6. The molecule has 0 radical (unpaired) electrons. The molecule has 104 valence electrons. The Morgan fingerprint density at radius 1 is 1.37 bits per heavy atom. The number of aromatic nitrogens is 4. The summed E-state index contributed by atoms with van der Waals surface area (Å²) < 4.78 is 7.07. The zero-order valence-corrected chi connectivity index (χ0v) is 11.6. The second-order valence-electron chi connectivity index (χ2n) is 4.45. The third-order valence-corrected chi connectivity index (χ3v) is 3.01. The van der Waals surface area contributed by atoms with E-state index in [2.05, 4.69) is 22.2 Å². The summed E-state index contributed by atoms with van der Waals surface area (Å²) in [5.41, 5.74) is 1.80. The van der Waals surface area contributed by atoms with Crippen molar-refractivity contribution in [3.63, 3.8) is 0 Å². The Kier molecular flexibility index (Phi) is 4.31. The average Bonchev–Trinajstić information content (AvgIpc) is 3.05. The molecule has 1 atom stereocenters. The van der Waals surface area contributed by atoms with Crippen molar-refractivity contribution in [1.29, 1.82) is 0 Å². The summed E-state index contributed by atoms with van der Waals surface area (Å²) in [6.45, 7) is 6.81. The SMILES string of the molecule is CCCC(O)c1noc(-c2cc(CC)nn2CC)n1. The number of aliphatic hydroxyl groups excluding tert-OH is 1. The van der Waals surface area contributed by atoms with Crippen LogP contribution in [-0.4, -0.2) is 25.0 Å². The van der Waals surface area contributed by atoms with Crippen molar-refractivity contribution < 1.29 is 9.63 Å². The van der Waals surface area contributed by atoms with E-state index in [0.29, 0.717) is 18.1 Å². The molecule has 2 rings (SSSR count). The number of hydrogen-bond acceptors (Lipinski definition) is 5. The van der Waals surface area contributed by atoms with E-state index in [9.17, 15) is 5.11 Å². The highest BCUT2D eigenvalue weighted by atomic mass is 16.5. The lowest BCUT2D eigenvalue weighted by molar-refractivity contribution is 0.153. The highest BCUT2D eigenvalue weighted by Gasteiger charge is 2.18. The molecule has 0 bridgehead atoms. The van der Waals surface area contributed by atoms with Crippen molar-refractivity contribution in [1.82, 2.24) is 19.9 Å². The lowest BCUT2D eigenvalue weighted by atomic mass is 10.2. The lowest BCUT2D eigenvalue weighted by Gasteiger charge is -2.01. The summed E-state index contributed by atoms with van der Waals surface area (Å²) in [6.07, 6.45) is 1.70. The first-order valence-electron chi connectivity index (χ1n) is 6.78. The van der Waals surface area contributed by atoms with E-state index in [4.69, 9.17) is 4.52 Å². The first-order chi connectivity index (χ1) is 9.19. The third kappa shape index (κ3) is 2.84. The van der Waals surface area contributed by atoms with Crippen LogP contribution in [0, 0.1) is 0 Å². The van der Waals surface area contributed by atoms with Gasteiger partial charge in [0.1, 0.15) is 11.8 Å². The van der Waals surface area contributed by atoms with Crippen LogP contribution in [0.2, 0.25) is 0 Å². The van der Waals surface area contributed by atoms with E-state index in [1.807, 2.05) is 24.6 Å². The van der Waals surface area contributed by atoms with Crippen LogP contribution in [0.15, 0.2) is 10.6 Å². The highest BCUT2D eigenvalue weighted by molar-refractivity contribution is 5.48. The maximum absolute atomic E-state index is 9.85. The largest absolute Gasteiger partial charge is 0.385 e. The first kappa shape index (κ1) is 13.7. The quantitative estimate of drug-likeness (QED) is 0.866. The zero-order chi connectivity index (χ0) is 13.8. The number of aryl methyl sites for hydroxylation is 2. The zero-order valence-electron chi connectivity index (χ0n) is 11.6. The first-order valence-corrected chi connectivity index (χ1v) is 6.78. The van der Waals surface area contributed by atoms with Gasteiger partial charge in [0.15, 0.2) is 0 Å². The third-order valence-electron chi connectivity index (χ3n) is 3.01. The molecule has 0 aliphatic rings. The van der Waals surface area contributed by atoms with Crippen LogP contribution >= 0.6 is 0 Å². The molecular weight excluding hydrogens is 244 g/mol. The molecule has 0 aliphatic carbocycles. The predicted molar refractivity (Wildman–Crippen MR) is 70.4 cm³/mol. The molecule has 2 heterocycles. The van der Waals surface area contributed by atoms with Gasteiger partial charge in [-0.2, -0.15) is 10.1 Å². The summed E-state index contributed by atoms with van der Waals surface area (Å²) >= 11 is 0. The molecule has 0 saturated heterocycles. The Balaban J connectivity index is 2.29. The van der Waals surface area contributed by atoms with Crippen LogP contribution in [0.1, 0.15) is 51.2 Å². The fraction of sp³-hybridized carbons (Fsp3) is 0.615. The van der Waals surface area contributed by atoms with Gasteiger partial charge in [0.25, 0.3) is 5.89 Å². The Bertz CT molecular complexity index is 532. The fourth-order valence-corrected chi connectivity index (χ4v) is 1.93. The summed E-state index contributed by atoms with van der Waals surface area (Å²) in [5.74, 6) is 0.762. The monoisotopic (exact) mass is 264 g/mol. The molecule has 0 fully saturated rings. The topological polar surface area (TPSA) is 77.0 Å². The van der Waals surface area contributed by atoms with Gasteiger partial charge in [-0.1, -0.05) is 25.4 Å². The maximum atomic E-state index is 9.85. The van der Waals surface area contributed by atoms with Gasteiger partial charge in [0, 0.05) is 6.54 Å². The van der Waals surface area contributed by atoms with Gasteiger partial charge in [-0.15, -0.1) is 0 Å². The van der Waals surface area contributed by atoms with Crippen molar-refractivity contribution in [3.05, 3.63) is 17.6 Å². The van der Waals surface area contributed by atoms with Crippen molar-refractivity contribution >= 4 is 0 Å². The Labute approximate surface area is 112 Å². The summed E-state index contributed by atoms with van der Waals surface area (Å²) in [6, 6.07) is 1.95. The smallest absolute Gasteiger partial charge is 0.276 e. The normalized spacial score (nSPS) is 12.8. The van der Waals surface area contributed by atoms with Crippen molar-refractivity contribution in [2.24, 2.45) is 0 Å². The molecule has 0 saturated carbocycles. The van der Waals surface area contributed by atoms with E-state index >= 15 is 0 Å². The number of nitrogens with zero attached hydrogens (tertiary/aromatic N) is 4. The lowest BCUT2D eigenvalue weighted by Crippen LogP contribution is -2.01. The summed E-state index contributed by atoms with van der Waals surface area (Å²) in [5, 5.41) is 18.1. The molecule has 0 spiro atoms. The summed E-state index contributed by atoms with van der Waals surface area (Å²) in [7, 11) is 0. The average molecular weight is 264 g/mol. The molecule has 1 unspecified atom stereocenters. The van der Waals surface area contributed by atoms with Crippen molar-refractivity contribution in [2.45, 2.75) is 52.7 Å². The molecule has 0 amide bonds. The van der Waals surface area contributed by atoms with E-state index in [-0.39, 0.29) is 0 Å². The van der Waals surface area contributed by atoms with E-state index in [1.165, 1.54) is 0 Å². The van der Waals surface area contributed by atoms with Gasteiger partial charge in [-0.3, -0.25) is 4.68 Å². The van der Waals surface area contributed by atoms with E-state index in [0.717, 1.165) is 30.8 Å². The Morgan fingerprint density at radius 3 is 2.79 bits per heavy atom. The van der Waals surface area contributed by atoms with Gasteiger partial charge in [-0.05, 0) is 25.8 Å². The molecule has 0 aromatic carbocycles. The second-order valence-corrected chi connectivity index (χ2v) is 4.45. The molecule has 2 aromatic heterocycles. The van der Waals surface area contributed by atoms with Crippen LogP contribution in [0.25, 0.3) is 11.6 Å². The maximum Gasteiger partial charge on any atom is 0.276 e. The molecule has 6 heteroatoms. The molecule has 2 aromatic rings. The van der Waals surface area contributed by atoms with Gasteiger partial charge < -0.3 is 9.63 Å². The minimum absolute atomic E-state index is 0.346. The van der Waals surface area contributed by atoms with Gasteiger partial charge in [0.05, 0.1) is 5.69 Å². The predicted octanol–water partition coefficient (Wildman–Crippen LogP) is 2.35.